The fourth-order valence-electron chi connectivity index (χ4n) is 2.87. The number of aromatic nitrogens is 1. The van der Waals surface area contributed by atoms with Crippen LogP contribution >= 0.6 is 11.8 Å². The van der Waals surface area contributed by atoms with Gasteiger partial charge in [-0.05, 0) is 55.5 Å². The second kappa shape index (κ2) is 7.03. The zero-order valence-corrected chi connectivity index (χ0v) is 15.5. The number of benzene rings is 2. The predicted octanol–water partition coefficient (Wildman–Crippen LogP) is 4.94. The standard InChI is InChI=1S/C19H21NO2S2/c1-3-4-8-16-13-15-14-17(23-2)11-12-19(15)20(16)24(21,22)18-9-6-5-7-10-18/h5-7,9-14H,3-4,8H2,1-2H3. The second-order valence-corrected chi connectivity index (χ2v) is 8.41. The third kappa shape index (κ3) is 3.10. The summed E-state index contributed by atoms with van der Waals surface area (Å²) in [7, 11) is -3.59. The van der Waals surface area contributed by atoms with Gasteiger partial charge < -0.3 is 0 Å². The Morgan fingerprint density at radius 2 is 1.79 bits per heavy atom. The van der Waals surface area contributed by atoms with Gasteiger partial charge in [-0.1, -0.05) is 31.5 Å². The third-order valence-electron chi connectivity index (χ3n) is 4.10. The lowest BCUT2D eigenvalue weighted by atomic mass is 10.2. The van der Waals surface area contributed by atoms with Crippen LogP contribution in [0.2, 0.25) is 0 Å². The minimum Gasteiger partial charge on any atom is -0.238 e. The van der Waals surface area contributed by atoms with Crippen LogP contribution in [0.15, 0.2) is 64.4 Å². The van der Waals surface area contributed by atoms with Crippen LogP contribution in [0.25, 0.3) is 10.9 Å². The summed E-state index contributed by atoms with van der Waals surface area (Å²) >= 11 is 1.66. The number of unbranched alkanes of at least 4 members (excludes halogenated alkanes) is 1. The van der Waals surface area contributed by atoms with Crippen molar-refractivity contribution in [1.29, 1.82) is 0 Å². The molecule has 0 saturated heterocycles. The molecule has 0 saturated carbocycles. The molecule has 3 rings (SSSR count). The van der Waals surface area contributed by atoms with Crippen LogP contribution in [0, 0.1) is 0 Å². The maximum atomic E-state index is 13.2. The molecule has 0 unspecified atom stereocenters. The lowest BCUT2D eigenvalue weighted by Crippen LogP contribution is -2.15. The molecule has 1 heterocycles. The monoisotopic (exact) mass is 359 g/mol. The van der Waals surface area contributed by atoms with Crippen LogP contribution in [-0.2, 0) is 16.4 Å². The molecular weight excluding hydrogens is 338 g/mol. The number of aryl methyl sites for hydroxylation is 1. The second-order valence-electron chi connectivity index (χ2n) is 5.75. The number of fused-ring (bicyclic) bond motifs is 1. The van der Waals surface area contributed by atoms with Gasteiger partial charge in [-0.15, -0.1) is 11.8 Å². The average molecular weight is 360 g/mol. The molecule has 0 aliphatic rings. The highest BCUT2D eigenvalue weighted by atomic mass is 32.2. The summed E-state index contributed by atoms with van der Waals surface area (Å²) in [5, 5.41) is 0.979. The average Bonchev–Trinajstić information content (AvgIpc) is 2.98. The molecule has 3 aromatic rings. The summed E-state index contributed by atoms with van der Waals surface area (Å²) in [6.07, 6.45) is 4.78. The van der Waals surface area contributed by atoms with Crippen LogP contribution in [0.3, 0.4) is 0 Å². The molecule has 5 heteroatoms. The van der Waals surface area contributed by atoms with Crippen LogP contribution in [0.5, 0.6) is 0 Å². The van der Waals surface area contributed by atoms with Crippen molar-refractivity contribution in [2.75, 3.05) is 6.26 Å². The summed E-state index contributed by atoms with van der Waals surface area (Å²) in [5.74, 6) is 0. The summed E-state index contributed by atoms with van der Waals surface area (Å²) < 4.78 is 27.9. The van der Waals surface area contributed by atoms with Gasteiger partial charge in [-0.3, -0.25) is 0 Å². The molecule has 0 aliphatic carbocycles. The quantitative estimate of drug-likeness (QED) is 0.585. The summed E-state index contributed by atoms with van der Waals surface area (Å²) in [6, 6.07) is 16.6. The number of nitrogens with zero attached hydrogens (tertiary/aromatic N) is 1. The summed E-state index contributed by atoms with van der Waals surface area (Å²) in [6.45, 7) is 2.12. The van der Waals surface area contributed by atoms with Crippen LogP contribution < -0.4 is 0 Å². The SMILES string of the molecule is CCCCc1cc2cc(SC)ccc2n1S(=O)(=O)c1ccccc1. The van der Waals surface area contributed by atoms with Crippen LogP contribution in [0.4, 0.5) is 0 Å². The molecule has 0 N–H and O–H groups in total. The molecule has 2 aromatic carbocycles. The molecular formula is C19H21NO2S2. The van der Waals surface area contributed by atoms with E-state index in [4.69, 9.17) is 0 Å². The third-order valence-corrected chi connectivity index (χ3v) is 6.61. The van der Waals surface area contributed by atoms with Crippen molar-refractivity contribution in [3.8, 4) is 0 Å². The van der Waals surface area contributed by atoms with E-state index in [9.17, 15) is 8.42 Å². The maximum Gasteiger partial charge on any atom is 0.268 e. The molecule has 24 heavy (non-hydrogen) atoms. The maximum absolute atomic E-state index is 13.2. The van der Waals surface area contributed by atoms with E-state index in [1.165, 1.54) is 3.97 Å². The van der Waals surface area contributed by atoms with Gasteiger partial charge in [-0.2, -0.15) is 0 Å². The zero-order valence-electron chi connectivity index (χ0n) is 13.9. The molecule has 1 aromatic heterocycles. The van der Waals surface area contributed by atoms with E-state index in [0.717, 1.165) is 40.8 Å². The van der Waals surface area contributed by atoms with Crippen molar-refractivity contribution in [3.63, 3.8) is 0 Å². The Morgan fingerprint density at radius 1 is 1.04 bits per heavy atom. The Labute approximate surface area is 147 Å². The van der Waals surface area contributed by atoms with Crippen molar-refractivity contribution in [1.82, 2.24) is 3.97 Å². The first-order valence-electron chi connectivity index (χ1n) is 8.07. The van der Waals surface area contributed by atoms with Crippen molar-refractivity contribution >= 4 is 32.7 Å². The van der Waals surface area contributed by atoms with Crippen LogP contribution in [-0.4, -0.2) is 18.6 Å². The summed E-state index contributed by atoms with van der Waals surface area (Å²) in [4.78, 5) is 1.47. The van der Waals surface area contributed by atoms with Gasteiger partial charge in [0.15, 0.2) is 0 Å². The van der Waals surface area contributed by atoms with Gasteiger partial charge in [0.05, 0.1) is 10.4 Å². The van der Waals surface area contributed by atoms with Gasteiger partial charge in [0.25, 0.3) is 10.0 Å². The molecule has 0 atom stereocenters. The molecule has 0 amide bonds. The van der Waals surface area contributed by atoms with E-state index in [2.05, 4.69) is 13.0 Å². The molecule has 0 bridgehead atoms. The molecule has 0 radical (unpaired) electrons. The fraction of sp³-hybridized carbons (Fsp3) is 0.263. The van der Waals surface area contributed by atoms with Crippen LogP contribution in [0.1, 0.15) is 25.5 Å². The Morgan fingerprint density at radius 3 is 2.46 bits per heavy atom. The van der Waals surface area contributed by atoms with Gasteiger partial charge in [0, 0.05) is 16.0 Å². The van der Waals surface area contributed by atoms with Gasteiger partial charge in [0.1, 0.15) is 0 Å². The topological polar surface area (TPSA) is 39.1 Å². The number of thioether (sulfide) groups is 1. The van der Waals surface area contributed by atoms with E-state index < -0.39 is 10.0 Å². The smallest absolute Gasteiger partial charge is 0.238 e. The minimum absolute atomic E-state index is 0.328. The Balaban J connectivity index is 2.24. The van der Waals surface area contributed by atoms with E-state index in [-0.39, 0.29) is 0 Å². The first-order valence-corrected chi connectivity index (χ1v) is 10.7. The van der Waals surface area contributed by atoms with E-state index >= 15 is 0 Å². The zero-order chi connectivity index (χ0) is 17.2. The van der Waals surface area contributed by atoms with Crippen molar-refractivity contribution in [2.24, 2.45) is 0 Å². The Hall–Kier alpha value is -1.72. The van der Waals surface area contributed by atoms with Crippen molar-refractivity contribution in [3.05, 3.63) is 60.3 Å². The number of hydrogen-bond acceptors (Lipinski definition) is 3. The molecule has 3 nitrogen and oxygen atoms in total. The Bertz CT molecular complexity index is 944. The highest BCUT2D eigenvalue weighted by Gasteiger charge is 2.22. The normalized spacial score (nSPS) is 11.9. The van der Waals surface area contributed by atoms with Gasteiger partial charge >= 0.3 is 0 Å². The minimum atomic E-state index is -3.59. The largest absolute Gasteiger partial charge is 0.268 e. The lowest BCUT2D eigenvalue weighted by Gasteiger charge is -2.12. The van der Waals surface area contributed by atoms with E-state index in [1.807, 2.05) is 30.5 Å². The van der Waals surface area contributed by atoms with Crippen molar-refractivity contribution in [2.45, 2.75) is 36.0 Å². The molecule has 126 valence electrons. The predicted molar refractivity (Wildman–Crippen MR) is 101 cm³/mol. The fourth-order valence-corrected chi connectivity index (χ4v) is 4.91. The molecule has 0 aliphatic heterocycles. The number of hydrogen-bond donors (Lipinski definition) is 0. The van der Waals surface area contributed by atoms with Gasteiger partial charge in [0.2, 0.25) is 0 Å². The van der Waals surface area contributed by atoms with Gasteiger partial charge in [-0.25, -0.2) is 12.4 Å². The van der Waals surface area contributed by atoms with Crippen molar-refractivity contribution < 1.29 is 8.42 Å². The molecule has 0 fully saturated rings. The summed E-state index contributed by atoms with van der Waals surface area (Å²) in [5.41, 5.74) is 1.61. The highest BCUT2D eigenvalue weighted by Crippen LogP contribution is 2.29. The Kier molecular flexibility index (Phi) is 5.01. The first-order chi connectivity index (χ1) is 11.6. The molecule has 0 spiro atoms. The highest BCUT2D eigenvalue weighted by molar-refractivity contribution is 7.98. The van der Waals surface area contributed by atoms with E-state index in [0.29, 0.717) is 4.90 Å². The van der Waals surface area contributed by atoms with E-state index in [1.54, 1.807) is 36.0 Å². The lowest BCUT2D eigenvalue weighted by molar-refractivity contribution is 0.586. The number of rotatable bonds is 6. The first kappa shape index (κ1) is 17.1.